The van der Waals surface area contributed by atoms with Gasteiger partial charge in [-0.3, -0.25) is 9.59 Å². The first-order valence-electron chi connectivity index (χ1n) is 6.96. The standard InChI is InChI=1S/C17H15NO4S/c1-23(17(21)22,11-12-7-3-2-4-8-12)18-15(19)13-9-5-6-10-14(13)16(18)20/h2-10H,11H2,1H3,(H,21,22). The fraction of sp³-hybridized carbons (Fsp3) is 0.118. The number of nitrogens with zero attached hydrogens (tertiary/aromatic N) is 1. The Labute approximate surface area is 135 Å². The smallest absolute Gasteiger partial charge is 0.364 e. The Morgan fingerprint density at radius 3 is 1.91 bits per heavy atom. The third-order valence-corrected chi connectivity index (χ3v) is 6.61. The van der Waals surface area contributed by atoms with Crippen molar-refractivity contribution in [2.45, 2.75) is 5.75 Å². The van der Waals surface area contributed by atoms with Crippen LogP contribution in [0.4, 0.5) is 4.79 Å². The SMILES string of the molecule is CS(Cc1ccccc1)(C(=O)O)N1C(=O)c2ccccc2C1=O. The molecule has 1 aliphatic heterocycles. The normalized spacial score (nSPS) is 17.5. The van der Waals surface area contributed by atoms with Gasteiger partial charge in [0.15, 0.2) is 0 Å². The highest BCUT2D eigenvalue weighted by molar-refractivity contribution is 8.42. The monoisotopic (exact) mass is 329 g/mol. The predicted octanol–water partition coefficient (Wildman–Crippen LogP) is 3.51. The number of carbonyl (C=O) groups is 3. The van der Waals surface area contributed by atoms with E-state index in [9.17, 15) is 19.5 Å². The number of hydrogen-bond donors (Lipinski definition) is 1. The molecule has 0 fully saturated rings. The minimum atomic E-state index is -2.70. The van der Waals surface area contributed by atoms with Crippen molar-refractivity contribution in [1.29, 1.82) is 0 Å². The van der Waals surface area contributed by atoms with Crippen molar-refractivity contribution >= 4 is 27.3 Å². The molecule has 6 heteroatoms. The molecule has 2 amide bonds. The summed E-state index contributed by atoms with van der Waals surface area (Å²) in [5.74, 6) is -0.919. The Morgan fingerprint density at radius 2 is 1.43 bits per heavy atom. The van der Waals surface area contributed by atoms with Gasteiger partial charge >= 0.3 is 5.30 Å². The molecule has 0 radical (unpaired) electrons. The Bertz CT molecular complexity index is 770. The van der Waals surface area contributed by atoms with E-state index >= 15 is 0 Å². The van der Waals surface area contributed by atoms with Crippen LogP contribution in [0, 0.1) is 0 Å². The van der Waals surface area contributed by atoms with Crippen LogP contribution in [0.1, 0.15) is 26.3 Å². The van der Waals surface area contributed by atoms with Gasteiger partial charge in [0, 0.05) is 5.75 Å². The van der Waals surface area contributed by atoms with E-state index in [1.807, 2.05) is 6.07 Å². The van der Waals surface area contributed by atoms with Crippen molar-refractivity contribution in [3.63, 3.8) is 0 Å². The number of benzene rings is 2. The van der Waals surface area contributed by atoms with Crippen LogP contribution in [0.2, 0.25) is 0 Å². The zero-order chi connectivity index (χ0) is 16.6. The van der Waals surface area contributed by atoms with Crippen LogP contribution in [-0.4, -0.2) is 32.8 Å². The Morgan fingerprint density at radius 1 is 0.957 bits per heavy atom. The van der Waals surface area contributed by atoms with E-state index in [0.29, 0.717) is 0 Å². The summed E-state index contributed by atoms with van der Waals surface area (Å²) in [6, 6.07) is 15.5. The molecule has 1 heterocycles. The van der Waals surface area contributed by atoms with Gasteiger partial charge in [-0.15, -0.1) is 0 Å². The predicted molar refractivity (Wildman–Crippen MR) is 88.6 cm³/mol. The lowest BCUT2D eigenvalue weighted by Crippen LogP contribution is -2.37. The van der Waals surface area contributed by atoms with E-state index in [4.69, 9.17) is 0 Å². The molecule has 0 saturated heterocycles. The number of rotatable bonds is 3. The molecule has 0 aliphatic carbocycles. The maximum absolute atomic E-state index is 12.6. The highest BCUT2D eigenvalue weighted by atomic mass is 32.3. The van der Waals surface area contributed by atoms with E-state index in [0.717, 1.165) is 9.87 Å². The molecule has 2 aromatic rings. The molecule has 3 rings (SSSR count). The molecular formula is C17H15NO4S. The van der Waals surface area contributed by atoms with Crippen molar-refractivity contribution in [3.05, 3.63) is 71.3 Å². The quantitative estimate of drug-likeness (QED) is 0.874. The van der Waals surface area contributed by atoms with Crippen molar-refractivity contribution in [2.75, 3.05) is 6.26 Å². The van der Waals surface area contributed by atoms with Crippen molar-refractivity contribution in [1.82, 2.24) is 4.31 Å². The van der Waals surface area contributed by atoms with Crippen LogP contribution in [0.5, 0.6) is 0 Å². The second kappa shape index (κ2) is 5.55. The third kappa shape index (κ3) is 2.41. The minimum Gasteiger partial charge on any atom is -0.473 e. The van der Waals surface area contributed by atoms with Gasteiger partial charge in [-0.05, 0) is 24.0 Å². The van der Waals surface area contributed by atoms with Gasteiger partial charge < -0.3 is 5.11 Å². The molecular weight excluding hydrogens is 314 g/mol. The van der Waals surface area contributed by atoms with Gasteiger partial charge in [-0.2, -0.15) is 0 Å². The van der Waals surface area contributed by atoms with Crippen LogP contribution in [0.3, 0.4) is 0 Å². The number of imide groups is 1. The van der Waals surface area contributed by atoms with Crippen LogP contribution in [0.25, 0.3) is 0 Å². The fourth-order valence-corrected chi connectivity index (χ4v) is 4.82. The lowest BCUT2D eigenvalue weighted by molar-refractivity contribution is 0.0770. The van der Waals surface area contributed by atoms with E-state index in [2.05, 4.69) is 0 Å². The van der Waals surface area contributed by atoms with Crippen molar-refractivity contribution < 1.29 is 19.5 Å². The van der Waals surface area contributed by atoms with E-state index in [1.165, 1.54) is 6.26 Å². The summed E-state index contributed by atoms with van der Waals surface area (Å²) < 4.78 is 0.951. The molecule has 23 heavy (non-hydrogen) atoms. The molecule has 0 bridgehead atoms. The van der Waals surface area contributed by atoms with Gasteiger partial charge in [0.05, 0.1) is 11.1 Å². The summed E-state index contributed by atoms with van der Waals surface area (Å²) >= 11 is 0. The fourth-order valence-electron chi connectivity index (χ4n) is 2.64. The number of carbonyl (C=O) groups excluding carboxylic acids is 2. The van der Waals surface area contributed by atoms with Crippen molar-refractivity contribution in [2.24, 2.45) is 0 Å². The second-order valence-electron chi connectivity index (χ2n) is 5.39. The summed E-state index contributed by atoms with van der Waals surface area (Å²) in [5, 5.41) is 8.63. The number of amides is 2. The van der Waals surface area contributed by atoms with Crippen molar-refractivity contribution in [3.8, 4) is 0 Å². The highest BCUT2D eigenvalue weighted by Crippen LogP contribution is 2.54. The Balaban J connectivity index is 2.05. The Hall–Kier alpha value is -2.60. The third-order valence-electron chi connectivity index (χ3n) is 3.83. The molecule has 0 aromatic heterocycles. The van der Waals surface area contributed by atoms with E-state index < -0.39 is 27.3 Å². The summed E-state index contributed by atoms with van der Waals surface area (Å²) in [4.78, 5) is 37.2. The lowest BCUT2D eigenvalue weighted by Gasteiger charge is -2.38. The average molecular weight is 329 g/mol. The van der Waals surface area contributed by atoms with Crippen LogP contribution in [-0.2, 0) is 5.75 Å². The molecule has 1 unspecified atom stereocenters. The first kappa shape index (κ1) is 15.3. The first-order valence-corrected chi connectivity index (χ1v) is 9.13. The number of carboxylic acid groups (broad SMARTS) is 1. The summed E-state index contributed by atoms with van der Waals surface area (Å²) in [6.07, 6.45) is 1.49. The topological polar surface area (TPSA) is 74.7 Å². The summed E-state index contributed by atoms with van der Waals surface area (Å²) in [6.45, 7) is 0. The largest absolute Gasteiger partial charge is 0.473 e. The van der Waals surface area contributed by atoms with Crippen LogP contribution >= 0.6 is 10.2 Å². The second-order valence-corrected chi connectivity index (χ2v) is 8.47. The summed E-state index contributed by atoms with van der Waals surface area (Å²) in [7, 11) is -2.70. The summed E-state index contributed by atoms with van der Waals surface area (Å²) in [5.41, 5.74) is 1.32. The molecule has 118 valence electrons. The van der Waals surface area contributed by atoms with E-state index in [1.54, 1.807) is 48.5 Å². The van der Waals surface area contributed by atoms with Gasteiger partial charge in [0.2, 0.25) is 0 Å². The molecule has 1 N–H and O–H groups in total. The minimum absolute atomic E-state index is 0.134. The van der Waals surface area contributed by atoms with Gasteiger partial charge in [0.1, 0.15) is 0 Å². The Kier molecular flexibility index (Phi) is 3.69. The van der Waals surface area contributed by atoms with Crippen LogP contribution in [0.15, 0.2) is 54.6 Å². The van der Waals surface area contributed by atoms with Crippen LogP contribution < -0.4 is 0 Å². The maximum Gasteiger partial charge on any atom is 0.364 e. The zero-order valence-electron chi connectivity index (χ0n) is 12.4. The number of fused-ring (bicyclic) bond motifs is 1. The first-order chi connectivity index (χ1) is 10.9. The molecule has 1 aliphatic rings. The van der Waals surface area contributed by atoms with E-state index in [-0.39, 0.29) is 16.9 Å². The maximum atomic E-state index is 12.6. The number of hydrogen-bond acceptors (Lipinski definition) is 3. The van der Waals surface area contributed by atoms with Gasteiger partial charge in [0.25, 0.3) is 11.8 Å². The highest BCUT2D eigenvalue weighted by Gasteiger charge is 2.47. The van der Waals surface area contributed by atoms with Gasteiger partial charge in [-0.1, -0.05) is 52.7 Å². The molecule has 0 saturated carbocycles. The molecule has 1 atom stereocenters. The molecule has 0 spiro atoms. The van der Waals surface area contributed by atoms with Gasteiger partial charge in [-0.25, -0.2) is 9.10 Å². The molecule has 5 nitrogen and oxygen atoms in total. The zero-order valence-corrected chi connectivity index (χ0v) is 13.2. The lowest BCUT2D eigenvalue weighted by atomic mass is 10.1. The average Bonchev–Trinajstić information content (AvgIpc) is 2.80. The molecule has 2 aromatic carbocycles.